The van der Waals surface area contributed by atoms with Gasteiger partial charge in [0.15, 0.2) is 0 Å². The van der Waals surface area contributed by atoms with Gasteiger partial charge in [0.2, 0.25) is 21.8 Å². The Kier molecular flexibility index (Phi) is 6.81. The molecule has 1 heterocycles. The minimum atomic E-state index is -3.68. The first-order valence-corrected chi connectivity index (χ1v) is 11.8. The molecule has 3 rings (SSSR count). The third-order valence-electron chi connectivity index (χ3n) is 5.43. The summed E-state index contributed by atoms with van der Waals surface area (Å²) in [6, 6.07) is 10.6. The van der Waals surface area contributed by atoms with E-state index < -0.39 is 15.9 Å². The number of piperidine rings is 1. The molecule has 1 atom stereocenters. The van der Waals surface area contributed by atoms with Crippen molar-refractivity contribution >= 4 is 33.2 Å². The molecule has 0 saturated carbocycles. The maximum atomic E-state index is 13.4. The summed E-state index contributed by atoms with van der Waals surface area (Å²) in [7, 11) is -3.68. The van der Waals surface area contributed by atoms with Crippen LogP contribution >= 0.6 is 0 Å². The number of hydrogen-bond acceptors (Lipinski definition) is 4. The number of amides is 2. The summed E-state index contributed by atoms with van der Waals surface area (Å²) in [5.74, 6) is -0.798. The van der Waals surface area contributed by atoms with Crippen LogP contribution in [-0.4, -0.2) is 37.6 Å². The number of carbonyl (C=O) groups excluding carboxylic acids is 2. The molecular formula is C23H29N3O4S. The first-order valence-electron chi connectivity index (χ1n) is 10.3. The maximum Gasteiger partial charge on any atom is 0.243 e. The Morgan fingerprint density at radius 2 is 1.52 bits per heavy atom. The first-order chi connectivity index (χ1) is 14.6. The van der Waals surface area contributed by atoms with Gasteiger partial charge in [0.1, 0.15) is 0 Å². The highest BCUT2D eigenvalue weighted by Crippen LogP contribution is 2.29. The molecule has 0 aromatic heterocycles. The zero-order chi connectivity index (χ0) is 22.8. The highest BCUT2D eigenvalue weighted by molar-refractivity contribution is 7.89. The van der Waals surface area contributed by atoms with E-state index in [1.54, 1.807) is 24.3 Å². The van der Waals surface area contributed by atoms with E-state index in [-0.39, 0.29) is 18.4 Å². The van der Waals surface area contributed by atoms with Crippen molar-refractivity contribution < 1.29 is 18.0 Å². The van der Waals surface area contributed by atoms with E-state index >= 15 is 0 Å². The molecule has 2 N–H and O–H groups in total. The molecule has 2 amide bonds. The van der Waals surface area contributed by atoms with Crippen molar-refractivity contribution in [2.24, 2.45) is 5.92 Å². The molecule has 1 fully saturated rings. The molecule has 0 spiro atoms. The summed E-state index contributed by atoms with van der Waals surface area (Å²) in [6.07, 6.45) is 1.26. The number of nitrogens with one attached hydrogen (secondary N) is 2. The molecule has 0 aliphatic carbocycles. The van der Waals surface area contributed by atoms with Gasteiger partial charge in [-0.25, -0.2) is 8.42 Å². The second-order valence-corrected chi connectivity index (χ2v) is 10.1. The van der Waals surface area contributed by atoms with Gasteiger partial charge in [0.25, 0.3) is 0 Å². The van der Waals surface area contributed by atoms with Crippen LogP contribution in [0.1, 0.15) is 36.5 Å². The number of sulfonamides is 1. The molecule has 8 heteroatoms. The molecule has 1 aliphatic heterocycles. The molecule has 0 bridgehead atoms. The molecule has 7 nitrogen and oxygen atoms in total. The van der Waals surface area contributed by atoms with Gasteiger partial charge < -0.3 is 10.6 Å². The van der Waals surface area contributed by atoms with Gasteiger partial charge in [-0.05, 0) is 69.0 Å². The summed E-state index contributed by atoms with van der Waals surface area (Å²) in [5.41, 5.74) is 3.72. The average molecular weight is 444 g/mol. The third-order valence-corrected chi connectivity index (χ3v) is 7.60. The zero-order valence-electron chi connectivity index (χ0n) is 18.4. The quantitative estimate of drug-likeness (QED) is 0.738. The second kappa shape index (κ2) is 9.20. The molecule has 2 aromatic carbocycles. The second-order valence-electron chi connectivity index (χ2n) is 8.18. The lowest BCUT2D eigenvalue weighted by Gasteiger charge is -2.32. The van der Waals surface area contributed by atoms with Gasteiger partial charge in [0.05, 0.1) is 10.8 Å². The Hall–Kier alpha value is -2.71. The lowest BCUT2D eigenvalue weighted by molar-refractivity contribution is -0.121. The van der Waals surface area contributed by atoms with Crippen LogP contribution in [0, 0.1) is 26.7 Å². The number of rotatable bonds is 5. The van der Waals surface area contributed by atoms with E-state index in [1.165, 1.54) is 11.2 Å². The minimum absolute atomic E-state index is 0.158. The Bertz CT molecular complexity index is 1070. The van der Waals surface area contributed by atoms with E-state index in [0.717, 1.165) is 16.7 Å². The van der Waals surface area contributed by atoms with Gasteiger partial charge in [-0.15, -0.1) is 0 Å². The van der Waals surface area contributed by atoms with Gasteiger partial charge >= 0.3 is 0 Å². The smallest absolute Gasteiger partial charge is 0.243 e. The Morgan fingerprint density at radius 1 is 0.968 bits per heavy atom. The Labute approximate surface area is 183 Å². The van der Waals surface area contributed by atoms with E-state index in [2.05, 4.69) is 10.6 Å². The predicted molar refractivity (Wildman–Crippen MR) is 122 cm³/mol. The fourth-order valence-corrected chi connectivity index (χ4v) is 6.10. The van der Waals surface area contributed by atoms with Crippen LogP contribution in [0.4, 0.5) is 11.4 Å². The van der Waals surface area contributed by atoms with Gasteiger partial charge in [-0.3, -0.25) is 9.59 Å². The van der Waals surface area contributed by atoms with Crippen LogP contribution in [0.25, 0.3) is 0 Å². The van der Waals surface area contributed by atoms with Gasteiger partial charge in [-0.1, -0.05) is 17.7 Å². The van der Waals surface area contributed by atoms with Gasteiger partial charge in [-0.2, -0.15) is 4.31 Å². The largest absolute Gasteiger partial charge is 0.326 e. The minimum Gasteiger partial charge on any atom is -0.326 e. The fraction of sp³-hybridized carbons (Fsp3) is 0.391. The Balaban J connectivity index is 1.73. The topological polar surface area (TPSA) is 95.6 Å². The number of benzene rings is 2. The van der Waals surface area contributed by atoms with Crippen molar-refractivity contribution in [3.63, 3.8) is 0 Å². The van der Waals surface area contributed by atoms with Crippen LogP contribution in [0.2, 0.25) is 0 Å². The number of nitrogens with zero attached hydrogens (tertiary/aromatic N) is 1. The first kappa shape index (κ1) is 23.0. The lowest BCUT2D eigenvalue weighted by Crippen LogP contribution is -2.44. The van der Waals surface area contributed by atoms with Crippen molar-refractivity contribution in [1.82, 2.24) is 4.31 Å². The molecular weight excluding hydrogens is 414 g/mol. The van der Waals surface area contributed by atoms with E-state index in [0.29, 0.717) is 35.7 Å². The molecule has 31 heavy (non-hydrogen) atoms. The van der Waals surface area contributed by atoms with Crippen LogP contribution in [0.5, 0.6) is 0 Å². The zero-order valence-corrected chi connectivity index (χ0v) is 19.2. The fourth-order valence-electron chi connectivity index (χ4n) is 4.16. The molecule has 0 radical (unpaired) electrons. The maximum absolute atomic E-state index is 13.4. The lowest BCUT2D eigenvalue weighted by atomic mass is 9.98. The normalized spacial score (nSPS) is 17.2. The van der Waals surface area contributed by atoms with E-state index in [4.69, 9.17) is 0 Å². The molecule has 0 unspecified atom stereocenters. The third kappa shape index (κ3) is 5.32. The van der Waals surface area contributed by atoms with Crippen molar-refractivity contribution in [2.75, 3.05) is 23.7 Å². The number of anilines is 2. The molecule has 166 valence electrons. The van der Waals surface area contributed by atoms with Gasteiger partial charge in [0, 0.05) is 31.4 Å². The molecule has 2 aromatic rings. The number of carbonyl (C=O) groups is 2. The SMILES string of the molecule is CC(=O)Nc1ccc(NC(=O)[C@H]2CCCN(S(=O)(=O)c3c(C)cc(C)cc3C)C2)cc1. The Morgan fingerprint density at radius 3 is 2.06 bits per heavy atom. The van der Waals surface area contributed by atoms with Crippen molar-refractivity contribution in [3.8, 4) is 0 Å². The van der Waals surface area contributed by atoms with E-state index in [9.17, 15) is 18.0 Å². The molecule has 1 saturated heterocycles. The van der Waals surface area contributed by atoms with Crippen molar-refractivity contribution in [2.45, 2.75) is 45.4 Å². The predicted octanol–water partition coefficient (Wildman–Crippen LogP) is 3.61. The molecule has 1 aliphatic rings. The van der Waals surface area contributed by atoms with Crippen LogP contribution in [0.3, 0.4) is 0 Å². The summed E-state index contributed by atoms with van der Waals surface area (Å²) < 4.78 is 28.1. The van der Waals surface area contributed by atoms with Crippen LogP contribution in [-0.2, 0) is 19.6 Å². The highest BCUT2D eigenvalue weighted by atomic mass is 32.2. The summed E-state index contributed by atoms with van der Waals surface area (Å²) >= 11 is 0. The summed E-state index contributed by atoms with van der Waals surface area (Å²) in [6.45, 7) is 7.56. The summed E-state index contributed by atoms with van der Waals surface area (Å²) in [4.78, 5) is 24.3. The van der Waals surface area contributed by atoms with Crippen LogP contribution < -0.4 is 10.6 Å². The van der Waals surface area contributed by atoms with Crippen molar-refractivity contribution in [1.29, 1.82) is 0 Å². The number of hydrogen-bond donors (Lipinski definition) is 2. The average Bonchev–Trinajstić information content (AvgIpc) is 2.68. The highest BCUT2D eigenvalue weighted by Gasteiger charge is 2.34. The van der Waals surface area contributed by atoms with Crippen LogP contribution in [0.15, 0.2) is 41.3 Å². The monoisotopic (exact) mass is 443 g/mol. The van der Waals surface area contributed by atoms with E-state index in [1.807, 2.05) is 32.9 Å². The number of aryl methyl sites for hydroxylation is 3. The summed E-state index contributed by atoms with van der Waals surface area (Å²) in [5, 5.41) is 5.54. The van der Waals surface area contributed by atoms with Crippen molar-refractivity contribution in [3.05, 3.63) is 53.1 Å². The standard InChI is InChI=1S/C23H29N3O4S/c1-15-12-16(2)22(17(3)13-15)31(29,30)26-11-5-6-19(14-26)23(28)25-21-9-7-20(8-10-21)24-18(4)27/h7-10,12-13,19H,5-6,11,14H2,1-4H3,(H,24,27)(H,25,28)/t19-/m0/s1.